The number of rotatable bonds is 5. The smallest absolute Gasteiger partial charge is 0.382 e. The van der Waals surface area contributed by atoms with Crippen LogP contribution in [0.15, 0.2) is 54.6 Å². The van der Waals surface area contributed by atoms with Crippen molar-refractivity contribution in [2.45, 2.75) is 12.7 Å². The Kier molecular flexibility index (Phi) is 5.04. The Balaban J connectivity index is 1.91. The highest BCUT2D eigenvalue weighted by atomic mass is 19.3. The lowest BCUT2D eigenvalue weighted by molar-refractivity contribution is -0.207. The molecule has 0 aliphatic rings. The zero-order valence-electron chi connectivity index (χ0n) is 11.6. The summed E-state index contributed by atoms with van der Waals surface area (Å²) < 4.78 is 40.5. The fourth-order valence-corrected chi connectivity index (χ4v) is 1.82. The summed E-state index contributed by atoms with van der Waals surface area (Å²) in [5, 5.41) is 2.14. The number of amides is 1. The van der Waals surface area contributed by atoms with Crippen LogP contribution >= 0.6 is 0 Å². The molecular formula is C16H14F3NO2. The number of carbonyl (C=O) groups excluding carboxylic acids is 1. The molecule has 1 amide bonds. The molecule has 0 heterocycles. The lowest BCUT2D eigenvalue weighted by Crippen LogP contribution is -2.33. The number of hydrogen-bond donors (Lipinski definition) is 1. The van der Waals surface area contributed by atoms with Crippen LogP contribution in [0.4, 0.5) is 18.0 Å². The third-order valence-corrected chi connectivity index (χ3v) is 2.90. The van der Waals surface area contributed by atoms with Crippen molar-refractivity contribution >= 4 is 6.09 Å². The molecule has 22 heavy (non-hydrogen) atoms. The van der Waals surface area contributed by atoms with Crippen LogP contribution in [0.3, 0.4) is 0 Å². The van der Waals surface area contributed by atoms with Gasteiger partial charge in [0.25, 0.3) is 0 Å². The molecule has 1 N–H and O–H groups in total. The molecule has 2 aromatic carbocycles. The first-order chi connectivity index (χ1) is 10.5. The summed E-state index contributed by atoms with van der Waals surface area (Å²) in [4.78, 5) is 11.1. The molecule has 0 aromatic heterocycles. The van der Waals surface area contributed by atoms with Crippen LogP contribution in [0.25, 0.3) is 11.1 Å². The van der Waals surface area contributed by atoms with Crippen LogP contribution in [-0.2, 0) is 11.3 Å². The van der Waals surface area contributed by atoms with E-state index in [1.165, 1.54) is 0 Å². The van der Waals surface area contributed by atoms with Crippen molar-refractivity contribution in [3.05, 3.63) is 60.2 Å². The van der Waals surface area contributed by atoms with Gasteiger partial charge in [-0.2, -0.15) is 8.78 Å². The van der Waals surface area contributed by atoms with E-state index in [1.54, 1.807) is 12.1 Å². The van der Waals surface area contributed by atoms with Crippen LogP contribution in [0.1, 0.15) is 5.56 Å². The molecule has 2 aromatic rings. The van der Waals surface area contributed by atoms with E-state index in [9.17, 15) is 18.0 Å². The SMILES string of the molecule is O=C(NCc1ccc(-c2ccccc2)cc1)OC(F)(F)CF. The number of nitrogens with one attached hydrogen (secondary N) is 1. The van der Waals surface area contributed by atoms with E-state index in [1.807, 2.05) is 42.5 Å². The number of benzene rings is 2. The summed E-state index contributed by atoms with van der Waals surface area (Å²) in [5.41, 5.74) is 2.75. The molecule has 0 aliphatic heterocycles. The molecule has 0 saturated heterocycles. The molecule has 0 atom stereocenters. The minimum atomic E-state index is -4.10. The fraction of sp³-hybridized carbons (Fsp3) is 0.188. The third kappa shape index (κ3) is 4.51. The minimum Gasteiger partial charge on any atom is -0.382 e. The Morgan fingerprint density at radius 2 is 1.59 bits per heavy atom. The number of alkyl halides is 3. The average Bonchev–Trinajstić information content (AvgIpc) is 2.54. The zero-order valence-corrected chi connectivity index (χ0v) is 11.6. The second-order valence-corrected chi connectivity index (χ2v) is 4.58. The van der Waals surface area contributed by atoms with Crippen molar-refractivity contribution in [3.8, 4) is 11.1 Å². The Labute approximate surface area is 125 Å². The summed E-state index contributed by atoms with van der Waals surface area (Å²) in [6, 6.07) is 16.9. The van der Waals surface area contributed by atoms with Crippen LogP contribution in [0, 0.1) is 0 Å². The number of ether oxygens (including phenoxy) is 1. The van der Waals surface area contributed by atoms with E-state index < -0.39 is 18.9 Å². The van der Waals surface area contributed by atoms with Gasteiger partial charge in [0.15, 0.2) is 6.67 Å². The van der Waals surface area contributed by atoms with Gasteiger partial charge in [-0.15, -0.1) is 0 Å². The van der Waals surface area contributed by atoms with Crippen LogP contribution < -0.4 is 5.32 Å². The summed E-state index contributed by atoms with van der Waals surface area (Å²) in [6.45, 7) is -2.04. The lowest BCUT2D eigenvalue weighted by Gasteiger charge is -2.13. The standard InChI is InChI=1S/C16H14F3NO2/c17-11-16(18,19)22-15(21)20-10-12-6-8-14(9-7-12)13-4-2-1-3-5-13/h1-9H,10-11H2,(H,20,21). The topological polar surface area (TPSA) is 38.3 Å². The summed E-state index contributed by atoms with van der Waals surface area (Å²) in [5.74, 6) is 0. The van der Waals surface area contributed by atoms with Gasteiger partial charge in [0.1, 0.15) is 0 Å². The maximum absolute atomic E-state index is 12.5. The molecule has 116 valence electrons. The van der Waals surface area contributed by atoms with Crippen LogP contribution in [-0.4, -0.2) is 18.9 Å². The van der Waals surface area contributed by atoms with Gasteiger partial charge in [0, 0.05) is 6.54 Å². The monoisotopic (exact) mass is 309 g/mol. The molecule has 0 aliphatic carbocycles. The third-order valence-electron chi connectivity index (χ3n) is 2.90. The van der Waals surface area contributed by atoms with E-state index in [-0.39, 0.29) is 6.54 Å². The quantitative estimate of drug-likeness (QED) is 0.901. The summed E-state index contributed by atoms with van der Waals surface area (Å²) >= 11 is 0. The molecule has 0 spiro atoms. The van der Waals surface area contributed by atoms with E-state index in [2.05, 4.69) is 10.1 Å². The van der Waals surface area contributed by atoms with Crippen molar-refractivity contribution in [2.75, 3.05) is 6.67 Å². The maximum Gasteiger partial charge on any atom is 0.430 e. The Morgan fingerprint density at radius 3 is 2.18 bits per heavy atom. The minimum absolute atomic E-state index is 0.0102. The Bertz CT molecular complexity index is 615. The van der Waals surface area contributed by atoms with E-state index in [4.69, 9.17) is 0 Å². The predicted molar refractivity (Wildman–Crippen MR) is 76.1 cm³/mol. The summed E-state index contributed by atoms with van der Waals surface area (Å²) in [7, 11) is 0. The normalized spacial score (nSPS) is 11.0. The van der Waals surface area contributed by atoms with Gasteiger partial charge < -0.3 is 10.1 Å². The molecule has 3 nitrogen and oxygen atoms in total. The Hall–Kier alpha value is -2.50. The fourth-order valence-electron chi connectivity index (χ4n) is 1.82. The number of carbonyl (C=O) groups is 1. The van der Waals surface area contributed by atoms with Crippen LogP contribution in [0.2, 0.25) is 0 Å². The van der Waals surface area contributed by atoms with Gasteiger partial charge in [0.2, 0.25) is 0 Å². The van der Waals surface area contributed by atoms with Gasteiger partial charge in [-0.3, -0.25) is 0 Å². The first kappa shape index (κ1) is 15.9. The Morgan fingerprint density at radius 1 is 1.00 bits per heavy atom. The zero-order chi connectivity index (χ0) is 16.0. The van der Waals surface area contributed by atoms with E-state index >= 15 is 0 Å². The maximum atomic E-state index is 12.5. The molecular weight excluding hydrogens is 295 g/mol. The highest BCUT2D eigenvalue weighted by Crippen LogP contribution is 2.19. The average molecular weight is 309 g/mol. The van der Waals surface area contributed by atoms with E-state index in [0.29, 0.717) is 5.56 Å². The second-order valence-electron chi connectivity index (χ2n) is 4.58. The summed E-state index contributed by atoms with van der Waals surface area (Å²) in [6.07, 6.45) is -5.46. The first-order valence-electron chi connectivity index (χ1n) is 6.55. The van der Waals surface area contributed by atoms with Crippen molar-refractivity contribution in [2.24, 2.45) is 0 Å². The largest absolute Gasteiger partial charge is 0.430 e. The lowest BCUT2D eigenvalue weighted by atomic mass is 10.0. The second kappa shape index (κ2) is 6.98. The molecule has 0 radical (unpaired) electrons. The van der Waals surface area contributed by atoms with E-state index in [0.717, 1.165) is 11.1 Å². The number of halogens is 3. The van der Waals surface area contributed by atoms with Crippen molar-refractivity contribution in [1.29, 1.82) is 0 Å². The highest BCUT2D eigenvalue weighted by Gasteiger charge is 2.34. The van der Waals surface area contributed by atoms with Gasteiger partial charge in [-0.25, -0.2) is 9.18 Å². The molecule has 6 heteroatoms. The van der Waals surface area contributed by atoms with Gasteiger partial charge in [-0.05, 0) is 16.7 Å². The van der Waals surface area contributed by atoms with Crippen molar-refractivity contribution < 1.29 is 22.7 Å². The molecule has 0 saturated carbocycles. The van der Waals surface area contributed by atoms with Gasteiger partial charge >= 0.3 is 12.2 Å². The first-order valence-corrected chi connectivity index (χ1v) is 6.55. The van der Waals surface area contributed by atoms with Crippen molar-refractivity contribution in [3.63, 3.8) is 0 Å². The molecule has 0 fully saturated rings. The predicted octanol–water partition coefficient (Wildman–Crippen LogP) is 4.14. The number of hydrogen-bond acceptors (Lipinski definition) is 2. The molecule has 2 rings (SSSR count). The van der Waals surface area contributed by atoms with Gasteiger partial charge in [-0.1, -0.05) is 54.6 Å². The molecule has 0 bridgehead atoms. The van der Waals surface area contributed by atoms with Gasteiger partial charge in [0.05, 0.1) is 0 Å². The highest BCUT2D eigenvalue weighted by molar-refractivity contribution is 5.67. The number of alkyl carbamates (subject to hydrolysis) is 1. The van der Waals surface area contributed by atoms with Crippen molar-refractivity contribution in [1.82, 2.24) is 5.32 Å². The molecule has 0 unspecified atom stereocenters. The van der Waals surface area contributed by atoms with Crippen LogP contribution in [0.5, 0.6) is 0 Å².